The molecule has 0 unspecified atom stereocenters. The molecule has 0 aliphatic heterocycles. The van der Waals surface area contributed by atoms with Crippen molar-refractivity contribution >= 4 is 0 Å². The number of phenols is 2. The van der Waals surface area contributed by atoms with Crippen LogP contribution in [0.4, 0.5) is 0 Å². The van der Waals surface area contributed by atoms with Gasteiger partial charge in [0.25, 0.3) is 0 Å². The minimum Gasteiger partial charge on any atom is -0.507 e. The second kappa shape index (κ2) is 10.2. The Hall–Kier alpha value is -3.02. The Bertz CT molecular complexity index is 1330. The molecule has 0 fully saturated rings. The van der Waals surface area contributed by atoms with E-state index in [2.05, 4.69) is 100 Å². The summed E-state index contributed by atoms with van der Waals surface area (Å²) in [5, 5.41) is 26.6. The highest BCUT2D eigenvalue weighted by atomic mass is 16.4. The Morgan fingerprint density at radius 1 is 0.641 bits per heavy atom. The summed E-state index contributed by atoms with van der Waals surface area (Å²) < 4.78 is 6.90. The van der Waals surface area contributed by atoms with E-state index in [0.717, 1.165) is 33.4 Å². The van der Waals surface area contributed by atoms with E-state index in [4.69, 9.17) is 4.42 Å². The number of aromatic nitrogens is 2. The van der Waals surface area contributed by atoms with E-state index in [0.29, 0.717) is 30.2 Å². The lowest BCUT2D eigenvalue weighted by Gasteiger charge is -2.28. The fourth-order valence-electron chi connectivity index (χ4n) is 4.89. The summed E-state index contributed by atoms with van der Waals surface area (Å²) in [5.74, 6) is 0.551. The molecule has 0 bridgehead atoms. The number of rotatable bonds is 5. The maximum Gasteiger partial charge on any atom is 0.437 e. The van der Waals surface area contributed by atoms with Crippen molar-refractivity contribution in [2.45, 2.75) is 124 Å². The average molecular weight is 537 g/mol. The maximum atomic E-state index is 12.8. The van der Waals surface area contributed by atoms with Crippen molar-refractivity contribution < 1.29 is 14.6 Å². The van der Waals surface area contributed by atoms with Gasteiger partial charge in [-0.1, -0.05) is 95.2 Å². The molecule has 1 aromatic heterocycles. The number of aromatic hydroxyl groups is 2. The lowest BCUT2D eigenvalue weighted by atomic mass is 9.78. The van der Waals surface area contributed by atoms with E-state index in [-0.39, 0.29) is 28.2 Å². The lowest BCUT2D eigenvalue weighted by Crippen LogP contribution is -2.20. The topological polar surface area (TPSA) is 88.5 Å². The van der Waals surface area contributed by atoms with Crippen LogP contribution in [0.2, 0.25) is 0 Å². The van der Waals surface area contributed by atoms with Gasteiger partial charge in [0.05, 0.1) is 6.54 Å². The molecule has 3 aromatic rings. The van der Waals surface area contributed by atoms with Gasteiger partial charge in [-0.25, -0.2) is 4.79 Å². The fraction of sp³-hybridized carbons (Fsp3) is 0.576. The van der Waals surface area contributed by atoms with E-state index in [1.165, 1.54) is 4.68 Å². The zero-order chi connectivity index (χ0) is 29.7. The van der Waals surface area contributed by atoms with Crippen LogP contribution >= 0.6 is 0 Å². The molecular formula is C33H48N2O4. The number of benzene rings is 2. The first-order valence-electron chi connectivity index (χ1n) is 13.9. The second-order valence-corrected chi connectivity index (χ2v) is 15.0. The van der Waals surface area contributed by atoms with Gasteiger partial charge < -0.3 is 14.6 Å². The van der Waals surface area contributed by atoms with Gasteiger partial charge in [0.15, 0.2) is 0 Å². The van der Waals surface area contributed by atoms with Gasteiger partial charge in [-0.2, -0.15) is 4.68 Å². The molecule has 0 amide bonds. The van der Waals surface area contributed by atoms with E-state index in [9.17, 15) is 15.0 Å². The van der Waals surface area contributed by atoms with E-state index >= 15 is 0 Å². The van der Waals surface area contributed by atoms with Crippen LogP contribution in [0.1, 0.15) is 122 Å². The van der Waals surface area contributed by atoms with Gasteiger partial charge in [-0.3, -0.25) is 0 Å². The first-order chi connectivity index (χ1) is 17.6. The van der Waals surface area contributed by atoms with E-state index in [1.54, 1.807) is 0 Å². The zero-order valence-electron chi connectivity index (χ0n) is 26.0. The van der Waals surface area contributed by atoms with Gasteiger partial charge in [0.2, 0.25) is 5.89 Å². The number of hydrogen-bond donors (Lipinski definition) is 2. The summed E-state index contributed by atoms with van der Waals surface area (Å²) >= 11 is 0. The Morgan fingerprint density at radius 3 is 1.36 bits per heavy atom. The number of phenolic OH excluding ortho intramolecular Hbond substituents is 2. The SMILES string of the molecule is CC(C)(C)c1cc(CCc2nn(Cc3cc(C(C)(C)C)c(O)c(C(C)(C)C)c3)c(=O)o2)cc(C(C)(C)C)c1O. The average Bonchev–Trinajstić information content (AvgIpc) is 3.09. The number of hydrogen-bond acceptors (Lipinski definition) is 5. The highest BCUT2D eigenvalue weighted by Crippen LogP contribution is 2.41. The molecule has 0 spiro atoms. The van der Waals surface area contributed by atoms with Crippen LogP contribution in [0.15, 0.2) is 33.5 Å². The molecule has 0 radical (unpaired) electrons. The molecular weight excluding hydrogens is 488 g/mol. The standard InChI is InChI=1S/C33H48N2O4/c1-30(2,3)22-15-20(16-23(27(22)36)31(4,5)6)13-14-26-34-35(29(38)39-26)19-21-17-24(32(7,8)9)28(37)25(18-21)33(10,11)12/h15-18,36-37H,13-14,19H2,1-12H3. The monoisotopic (exact) mass is 536 g/mol. The molecule has 3 rings (SSSR count). The zero-order valence-corrected chi connectivity index (χ0v) is 26.0. The highest BCUT2D eigenvalue weighted by molar-refractivity contribution is 5.51. The van der Waals surface area contributed by atoms with Crippen LogP contribution < -0.4 is 5.76 Å². The van der Waals surface area contributed by atoms with Crippen molar-refractivity contribution in [2.75, 3.05) is 0 Å². The predicted molar refractivity (Wildman–Crippen MR) is 158 cm³/mol. The highest BCUT2D eigenvalue weighted by Gasteiger charge is 2.28. The quantitative estimate of drug-likeness (QED) is 0.358. The molecule has 214 valence electrons. The van der Waals surface area contributed by atoms with Crippen LogP contribution in [-0.2, 0) is 41.0 Å². The molecule has 0 aliphatic carbocycles. The molecule has 2 N–H and O–H groups in total. The Balaban J connectivity index is 1.92. The van der Waals surface area contributed by atoms with E-state index < -0.39 is 5.76 Å². The van der Waals surface area contributed by atoms with Gasteiger partial charge in [0, 0.05) is 6.42 Å². The van der Waals surface area contributed by atoms with Crippen molar-refractivity contribution in [3.8, 4) is 11.5 Å². The van der Waals surface area contributed by atoms with Crippen LogP contribution in [-0.4, -0.2) is 20.0 Å². The first kappa shape index (κ1) is 30.5. The van der Waals surface area contributed by atoms with E-state index in [1.807, 2.05) is 12.1 Å². The molecule has 0 saturated carbocycles. The summed E-state index contributed by atoms with van der Waals surface area (Å²) in [5.41, 5.74) is 4.53. The largest absolute Gasteiger partial charge is 0.507 e. The summed E-state index contributed by atoms with van der Waals surface area (Å²) in [6, 6.07) is 8.03. The maximum absolute atomic E-state index is 12.8. The molecule has 0 aliphatic rings. The number of nitrogens with zero attached hydrogens (tertiary/aromatic N) is 2. The van der Waals surface area contributed by atoms with Gasteiger partial charge >= 0.3 is 5.76 Å². The predicted octanol–water partition coefficient (Wildman–Crippen LogP) is 7.27. The van der Waals surface area contributed by atoms with Gasteiger partial charge in [-0.05, 0) is 73.6 Å². The van der Waals surface area contributed by atoms with Crippen molar-refractivity contribution in [1.82, 2.24) is 9.78 Å². The molecule has 0 saturated heterocycles. The molecule has 39 heavy (non-hydrogen) atoms. The molecule has 6 heteroatoms. The van der Waals surface area contributed by atoms with Crippen molar-refractivity contribution in [2.24, 2.45) is 0 Å². The molecule has 0 atom stereocenters. The van der Waals surface area contributed by atoms with Gasteiger partial charge in [-0.15, -0.1) is 5.10 Å². The Labute approximate surface area is 234 Å². The number of aryl methyl sites for hydroxylation is 2. The summed E-state index contributed by atoms with van der Waals surface area (Å²) in [7, 11) is 0. The minimum absolute atomic E-state index is 0.212. The minimum atomic E-state index is -0.496. The molecule has 2 aromatic carbocycles. The molecule has 1 heterocycles. The van der Waals surface area contributed by atoms with Crippen molar-refractivity contribution in [3.63, 3.8) is 0 Å². The van der Waals surface area contributed by atoms with Gasteiger partial charge in [0.1, 0.15) is 11.5 Å². The smallest absolute Gasteiger partial charge is 0.437 e. The molecule has 6 nitrogen and oxygen atoms in total. The van der Waals surface area contributed by atoms with Crippen molar-refractivity contribution in [1.29, 1.82) is 0 Å². The third kappa shape index (κ3) is 6.95. The first-order valence-corrected chi connectivity index (χ1v) is 13.9. The van der Waals surface area contributed by atoms with Crippen LogP contribution in [0, 0.1) is 0 Å². The summed E-state index contributed by atoms with van der Waals surface area (Å²) in [6.07, 6.45) is 1.10. The third-order valence-electron chi connectivity index (χ3n) is 7.18. The second-order valence-electron chi connectivity index (χ2n) is 15.0. The Kier molecular flexibility index (Phi) is 7.97. The lowest BCUT2D eigenvalue weighted by molar-refractivity contribution is 0.421. The van der Waals surface area contributed by atoms with Crippen molar-refractivity contribution in [3.05, 3.63) is 74.1 Å². The van der Waals surface area contributed by atoms with Crippen LogP contribution in [0.5, 0.6) is 11.5 Å². The summed E-state index contributed by atoms with van der Waals surface area (Å²) in [4.78, 5) is 12.8. The normalized spacial score (nSPS) is 13.2. The van der Waals surface area contributed by atoms with Crippen LogP contribution in [0.25, 0.3) is 0 Å². The third-order valence-corrected chi connectivity index (χ3v) is 7.18. The Morgan fingerprint density at radius 2 is 1.00 bits per heavy atom. The van der Waals surface area contributed by atoms with Crippen LogP contribution in [0.3, 0.4) is 0 Å². The fourth-order valence-corrected chi connectivity index (χ4v) is 4.89. The summed E-state index contributed by atoms with van der Waals surface area (Å²) in [6.45, 7) is 25.2.